The standard InChI is InChI=1S/C15H24O3/c1-10(9-14(17)18)5-6-12-11(2)13(16)7-8-15(12,3)4/h5-6,9,11-13,16H,7-8H2,1-4H3,(H,17,18)/b6-5+,10-9+/t11-,12+,13-/m1/s1. The van der Waals surface area contributed by atoms with Crippen molar-refractivity contribution in [1.82, 2.24) is 0 Å². The van der Waals surface area contributed by atoms with Gasteiger partial charge in [0.2, 0.25) is 0 Å². The van der Waals surface area contributed by atoms with E-state index in [1.54, 1.807) is 6.92 Å². The third-order valence-corrected chi connectivity index (χ3v) is 4.08. The number of hydrogen-bond acceptors (Lipinski definition) is 2. The number of rotatable bonds is 3. The molecule has 18 heavy (non-hydrogen) atoms. The van der Waals surface area contributed by atoms with Crippen LogP contribution in [0.5, 0.6) is 0 Å². The molecular weight excluding hydrogens is 228 g/mol. The van der Waals surface area contributed by atoms with E-state index < -0.39 is 5.97 Å². The molecule has 1 rings (SSSR count). The average Bonchev–Trinajstić information content (AvgIpc) is 2.23. The molecule has 0 amide bonds. The van der Waals surface area contributed by atoms with Gasteiger partial charge >= 0.3 is 5.97 Å². The average molecular weight is 252 g/mol. The van der Waals surface area contributed by atoms with Gasteiger partial charge in [-0.25, -0.2) is 4.79 Å². The number of allylic oxidation sites excluding steroid dienone is 3. The van der Waals surface area contributed by atoms with Gasteiger partial charge in [0.15, 0.2) is 0 Å². The third kappa shape index (κ3) is 3.70. The van der Waals surface area contributed by atoms with Gasteiger partial charge in [0, 0.05) is 6.08 Å². The molecule has 0 aromatic carbocycles. The van der Waals surface area contributed by atoms with Crippen LogP contribution in [0.25, 0.3) is 0 Å². The summed E-state index contributed by atoms with van der Waals surface area (Å²) in [6.07, 6.45) is 6.71. The first-order chi connectivity index (χ1) is 8.24. The fourth-order valence-corrected chi connectivity index (χ4v) is 2.83. The van der Waals surface area contributed by atoms with Crippen molar-refractivity contribution in [2.75, 3.05) is 0 Å². The van der Waals surface area contributed by atoms with Crippen molar-refractivity contribution in [2.45, 2.75) is 46.6 Å². The summed E-state index contributed by atoms with van der Waals surface area (Å²) in [5.74, 6) is -0.436. The Bertz CT molecular complexity index is 366. The van der Waals surface area contributed by atoms with Crippen LogP contribution in [0.2, 0.25) is 0 Å². The Kier molecular flexibility index (Phi) is 4.74. The highest BCUT2D eigenvalue weighted by atomic mass is 16.4. The molecule has 0 bridgehead atoms. The minimum atomic E-state index is -0.923. The van der Waals surface area contributed by atoms with E-state index in [1.165, 1.54) is 6.08 Å². The van der Waals surface area contributed by atoms with E-state index >= 15 is 0 Å². The lowest BCUT2D eigenvalue weighted by Crippen LogP contribution is -2.40. The lowest BCUT2D eigenvalue weighted by Gasteiger charge is -2.44. The van der Waals surface area contributed by atoms with Crippen LogP contribution in [0, 0.1) is 17.3 Å². The van der Waals surface area contributed by atoms with E-state index in [1.807, 2.05) is 6.08 Å². The van der Waals surface area contributed by atoms with E-state index in [9.17, 15) is 9.90 Å². The van der Waals surface area contributed by atoms with Crippen LogP contribution in [0.15, 0.2) is 23.8 Å². The molecule has 3 nitrogen and oxygen atoms in total. The SMILES string of the molecule is CC(/C=C/[C@H]1[C@@H](C)[C@H](O)CCC1(C)C)=C\C(=O)O. The molecule has 1 fully saturated rings. The lowest BCUT2D eigenvalue weighted by atomic mass is 9.63. The van der Waals surface area contributed by atoms with Crippen molar-refractivity contribution in [1.29, 1.82) is 0 Å². The Morgan fingerprint density at radius 2 is 2.00 bits per heavy atom. The summed E-state index contributed by atoms with van der Waals surface area (Å²) in [5, 5.41) is 18.6. The Labute approximate surface area is 109 Å². The summed E-state index contributed by atoms with van der Waals surface area (Å²) in [7, 11) is 0. The summed E-state index contributed by atoms with van der Waals surface area (Å²) in [4.78, 5) is 10.6. The highest BCUT2D eigenvalue weighted by Gasteiger charge is 2.39. The van der Waals surface area contributed by atoms with Crippen LogP contribution < -0.4 is 0 Å². The van der Waals surface area contributed by atoms with E-state index in [-0.39, 0.29) is 23.4 Å². The van der Waals surface area contributed by atoms with Gasteiger partial charge in [0.05, 0.1) is 6.10 Å². The smallest absolute Gasteiger partial charge is 0.328 e. The maximum absolute atomic E-state index is 10.6. The molecule has 3 heteroatoms. The van der Waals surface area contributed by atoms with Crippen molar-refractivity contribution in [3.8, 4) is 0 Å². The minimum Gasteiger partial charge on any atom is -0.478 e. The van der Waals surface area contributed by atoms with Crippen molar-refractivity contribution in [3.05, 3.63) is 23.8 Å². The highest BCUT2D eigenvalue weighted by Crippen LogP contribution is 2.44. The van der Waals surface area contributed by atoms with Gasteiger partial charge in [0.25, 0.3) is 0 Å². The van der Waals surface area contributed by atoms with Crippen LogP contribution in [-0.2, 0) is 4.79 Å². The second-order valence-corrected chi connectivity index (χ2v) is 6.07. The second-order valence-electron chi connectivity index (χ2n) is 6.07. The van der Waals surface area contributed by atoms with Crippen LogP contribution in [0.1, 0.15) is 40.5 Å². The number of aliphatic hydroxyl groups is 1. The lowest BCUT2D eigenvalue weighted by molar-refractivity contribution is -0.131. The van der Waals surface area contributed by atoms with Gasteiger partial charge in [-0.2, -0.15) is 0 Å². The molecule has 0 unspecified atom stereocenters. The van der Waals surface area contributed by atoms with E-state index in [0.717, 1.165) is 18.4 Å². The number of hydrogen-bond donors (Lipinski definition) is 2. The van der Waals surface area contributed by atoms with Gasteiger partial charge in [-0.15, -0.1) is 0 Å². The van der Waals surface area contributed by atoms with E-state index in [2.05, 4.69) is 26.8 Å². The molecular formula is C15H24O3. The summed E-state index contributed by atoms with van der Waals surface area (Å²) < 4.78 is 0. The maximum Gasteiger partial charge on any atom is 0.328 e. The molecule has 0 aliphatic heterocycles. The monoisotopic (exact) mass is 252 g/mol. The molecule has 102 valence electrons. The van der Waals surface area contributed by atoms with Crippen LogP contribution in [0.3, 0.4) is 0 Å². The molecule has 0 heterocycles. The number of aliphatic carboxylic acids is 1. The van der Waals surface area contributed by atoms with Crippen molar-refractivity contribution in [2.24, 2.45) is 17.3 Å². The summed E-state index contributed by atoms with van der Waals surface area (Å²) >= 11 is 0. The Hall–Kier alpha value is -1.09. The first-order valence-electron chi connectivity index (χ1n) is 6.51. The maximum atomic E-state index is 10.6. The van der Waals surface area contributed by atoms with Crippen molar-refractivity contribution < 1.29 is 15.0 Å². The van der Waals surface area contributed by atoms with Crippen molar-refractivity contribution >= 4 is 5.97 Å². The summed E-state index contributed by atoms with van der Waals surface area (Å²) in [6, 6.07) is 0. The zero-order chi connectivity index (χ0) is 13.9. The number of carbonyl (C=O) groups is 1. The van der Waals surface area contributed by atoms with E-state index in [4.69, 9.17) is 5.11 Å². The summed E-state index contributed by atoms with van der Waals surface area (Å²) in [5.41, 5.74) is 0.879. The Balaban J connectivity index is 2.85. The molecule has 2 N–H and O–H groups in total. The molecule has 0 aromatic heterocycles. The van der Waals surface area contributed by atoms with Crippen molar-refractivity contribution in [3.63, 3.8) is 0 Å². The first-order valence-corrected chi connectivity index (χ1v) is 6.51. The van der Waals surface area contributed by atoms with Gasteiger partial charge in [-0.05, 0) is 42.6 Å². The fourth-order valence-electron chi connectivity index (χ4n) is 2.83. The van der Waals surface area contributed by atoms with Gasteiger partial charge in [-0.1, -0.05) is 32.9 Å². The molecule has 0 spiro atoms. The third-order valence-electron chi connectivity index (χ3n) is 4.08. The van der Waals surface area contributed by atoms with Crippen LogP contribution in [-0.4, -0.2) is 22.3 Å². The molecule has 1 aliphatic carbocycles. The minimum absolute atomic E-state index is 0.151. The topological polar surface area (TPSA) is 57.5 Å². The van der Waals surface area contributed by atoms with E-state index in [0.29, 0.717) is 0 Å². The zero-order valence-corrected chi connectivity index (χ0v) is 11.7. The van der Waals surface area contributed by atoms with Gasteiger partial charge in [0.1, 0.15) is 0 Å². The highest BCUT2D eigenvalue weighted by molar-refractivity contribution is 5.81. The molecule has 0 saturated heterocycles. The van der Waals surface area contributed by atoms with Gasteiger partial charge in [-0.3, -0.25) is 0 Å². The normalized spacial score (nSPS) is 32.7. The largest absolute Gasteiger partial charge is 0.478 e. The van der Waals surface area contributed by atoms with Crippen LogP contribution in [0.4, 0.5) is 0 Å². The molecule has 1 saturated carbocycles. The second kappa shape index (κ2) is 5.70. The molecule has 0 aromatic rings. The quantitative estimate of drug-likeness (QED) is 0.599. The first kappa shape index (κ1) is 15.0. The molecule has 0 radical (unpaired) electrons. The zero-order valence-electron chi connectivity index (χ0n) is 11.7. The predicted octanol–water partition coefficient (Wildman–Crippen LogP) is 3.01. The number of aliphatic hydroxyl groups excluding tert-OH is 1. The predicted molar refractivity (Wildman–Crippen MR) is 72.2 cm³/mol. The Morgan fingerprint density at radius 1 is 1.39 bits per heavy atom. The van der Waals surface area contributed by atoms with Crippen LogP contribution >= 0.6 is 0 Å². The fraction of sp³-hybridized carbons (Fsp3) is 0.667. The van der Waals surface area contributed by atoms with Gasteiger partial charge < -0.3 is 10.2 Å². The summed E-state index contributed by atoms with van der Waals surface area (Å²) in [6.45, 7) is 8.26. The Morgan fingerprint density at radius 3 is 2.56 bits per heavy atom. The molecule has 1 aliphatic rings. The number of carboxylic acids is 1. The number of carboxylic acid groups (broad SMARTS) is 1. The molecule has 3 atom stereocenters.